The lowest BCUT2D eigenvalue weighted by Gasteiger charge is -2.22. The van der Waals surface area contributed by atoms with E-state index < -0.39 is 5.97 Å². The number of carbonyl (C=O) groups is 1. The van der Waals surface area contributed by atoms with Gasteiger partial charge in [-0.05, 0) is 19.3 Å². The highest BCUT2D eigenvalue weighted by Gasteiger charge is 2.21. The lowest BCUT2D eigenvalue weighted by Crippen LogP contribution is -2.26. The minimum atomic E-state index is -0.466. The molecule has 0 aromatic heterocycles. The van der Waals surface area contributed by atoms with Gasteiger partial charge < -0.3 is 23.7 Å². The number of carbonyl (C=O) groups excluding carboxylic acids is 1. The Morgan fingerprint density at radius 2 is 1.77 bits per heavy atom. The fraction of sp³-hybridized carbons (Fsp3) is 0.562. The molecule has 1 saturated heterocycles. The first-order valence-electron chi connectivity index (χ1n) is 7.28. The van der Waals surface area contributed by atoms with Gasteiger partial charge in [0.1, 0.15) is 17.9 Å². The van der Waals surface area contributed by atoms with Crippen molar-refractivity contribution in [1.82, 2.24) is 0 Å². The Morgan fingerprint density at radius 3 is 2.36 bits per heavy atom. The fourth-order valence-corrected chi connectivity index (χ4v) is 2.37. The van der Waals surface area contributed by atoms with Gasteiger partial charge in [-0.3, -0.25) is 0 Å². The smallest absolute Gasteiger partial charge is 0.342 e. The summed E-state index contributed by atoms with van der Waals surface area (Å²) in [6.07, 6.45) is 3.05. The van der Waals surface area contributed by atoms with E-state index in [9.17, 15) is 4.79 Å². The van der Waals surface area contributed by atoms with Crippen LogP contribution in [0, 0.1) is 0 Å². The molecule has 22 heavy (non-hydrogen) atoms. The van der Waals surface area contributed by atoms with Crippen molar-refractivity contribution in [2.24, 2.45) is 0 Å². The number of hydrogen-bond donors (Lipinski definition) is 0. The lowest BCUT2D eigenvalue weighted by atomic mass is 10.1. The van der Waals surface area contributed by atoms with Crippen LogP contribution in [-0.2, 0) is 9.47 Å². The van der Waals surface area contributed by atoms with E-state index in [1.807, 2.05) is 0 Å². The number of esters is 1. The van der Waals surface area contributed by atoms with Gasteiger partial charge in [0.05, 0.1) is 27.4 Å². The average molecular weight is 310 g/mol. The van der Waals surface area contributed by atoms with Gasteiger partial charge in [0, 0.05) is 18.7 Å². The molecular formula is C16H22O6. The second kappa shape index (κ2) is 7.89. The van der Waals surface area contributed by atoms with E-state index in [-0.39, 0.29) is 12.7 Å². The Kier molecular flexibility index (Phi) is 5.89. The van der Waals surface area contributed by atoms with Gasteiger partial charge in [0.15, 0.2) is 11.5 Å². The average Bonchev–Trinajstić information content (AvgIpc) is 2.59. The molecule has 1 heterocycles. The molecule has 1 aliphatic rings. The first kappa shape index (κ1) is 16.4. The highest BCUT2D eigenvalue weighted by Crippen LogP contribution is 2.35. The summed E-state index contributed by atoms with van der Waals surface area (Å²) >= 11 is 0. The van der Waals surface area contributed by atoms with Crippen LogP contribution in [0.4, 0.5) is 0 Å². The first-order valence-corrected chi connectivity index (χ1v) is 7.28. The second-order valence-corrected chi connectivity index (χ2v) is 4.99. The summed E-state index contributed by atoms with van der Waals surface area (Å²) in [5, 5.41) is 0. The number of ether oxygens (including phenoxy) is 5. The molecule has 6 nitrogen and oxygen atoms in total. The van der Waals surface area contributed by atoms with Crippen LogP contribution in [0.2, 0.25) is 0 Å². The van der Waals surface area contributed by atoms with E-state index in [0.717, 1.165) is 25.9 Å². The Bertz CT molecular complexity index is 508. The van der Waals surface area contributed by atoms with Crippen molar-refractivity contribution in [2.75, 3.05) is 34.5 Å². The summed E-state index contributed by atoms with van der Waals surface area (Å²) in [5.74, 6) is 0.856. The van der Waals surface area contributed by atoms with Crippen molar-refractivity contribution in [3.8, 4) is 17.2 Å². The van der Waals surface area contributed by atoms with Gasteiger partial charge in [0.2, 0.25) is 0 Å². The summed E-state index contributed by atoms with van der Waals surface area (Å²) in [4.78, 5) is 12.3. The number of rotatable bonds is 6. The molecule has 0 bridgehead atoms. The topological polar surface area (TPSA) is 63.2 Å². The van der Waals surface area contributed by atoms with E-state index in [0.29, 0.717) is 22.8 Å². The molecule has 1 atom stereocenters. The summed E-state index contributed by atoms with van der Waals surface area (Å²) < 4.78 is 26.5. The molecule has 0 N–H and O–H groups in total. The highest BCUT2D eigenvalue weighted by molar-refractivity contribution is 5.93. The standard InChI is InChI=1S/C16H22O6/c1-18-13-9-15(20-3)14(19-2)8-12(13)16(17)22-10-11-6-4-5-7-21-11/h8-9,11H,4-7,10H2,1-3H3. The Hall–Kier alpha value is -1.95. The van der Waals surface area contributed by atoms with E-state index in [1.54, 1.807) is 12.1 Å². The normalized spacial score (nSPS) is 17.7. The minimum Gasteiger partial charge on any atom is -0.496 e. The van der Waals surface area contributed by atoms with Crippen LogP contribution in [-0.4, -0.2) is 46.6 Å². The maximum Gasteiger partial charge on any atom is 0.342 e. The molecule has 122 valence electrons. The van der Waals surface area contributed by atoms with Crippen LogP contribution < -0.4 is 14.2 Å². The first-order chi connectivity index (χ1) is 10.7. The quantitative estimate of drug-likeness (QED) is 0.752. The van der Waals surface area contributed by atoms with Crippen molar-refractivity contribution < 1.29 is 28.5 Å². The van der Waals surface area contributed by atoms with Crippen molar-refractivity contribution >= 4 is 5.97 Å². The van der Waals surface area contributed by atoms with E-state index in [4.69, 9.17) is 23.7 Å². The minimum absolute atomic E-state index is 0.0242. The fourth-order valence-electron chi connectivity index (χ4n) is 2.37. The van der Waals surface area contributed by atoms with Gasteiger partial charge in [-0.15, -0.1) is 0 Å². The molecule has 1 unspecified atom stereocenters. The molecule has 1 fully saturated rings. The van der Waals surface area contributed by atoms with E-state index in [1.165, 1.54) is 21.3 Å². The SMILES string of the molecule is COc1cc(OC)c(C(=O)OCC2CCCCO2)cc1OC. The third-order valence-corrected chi connectivity index (χ3v) is 3.60. The van der Waals surface area contributed by atoms with Crippen LogP contribution in [0.5, 0.6) is 17.2 Å². The molecule has 0 aliphatic carbocycles. The molecular weight excluding hydrogens is 288 g/mol. The summed E-state index contributed by atoms with van der Waals surface area (Å²) in [5.41, 5.74) is 0.302. The maximum absolute atomic E-state index is 12.3. The van der Waals surface area contributed by atoms with E-state index in [2.05, 4.69) is 0 Å². The largest absolute Gasteiger partial charge is 0.496 e. The molecule has 6 heteroatoms. The van der Waals surface area contributed by atoms with Crippen molar-refractivity contribution in [1.29, 1.82) is 0 Å². The monoisotopic (exact) mass is 310 g/mol. The zero-order valence-corrected chi connectivity index (χ0v) is 13.2. The predicted octanol–water partition coefficient (Wildman–Crippen LogP) is 2.44. The van der Waals surface area contributed by atoms with Crippen molar-refractivity contribution in [2.45, 2.75) is 25.4 Å². The van der Waals surface area contributed by atoms with Crippen LogP contribution in [0.15, 0.2) is 12.1 Å². The lowest BCUT2D eigenvalue weighted by molar-refractivity contribution is -0.0301. The van der Waals surface area contributed by atoms with Crippen LogP contribution in [0.3, 0.4) is 0 Å². The third kappa shape index (κ3) is 3.82. The maximum atomic E-state index is 12.3. The van der Waals surface area contributed by atoms with Gasteiger partial charge in [-0.25, -0.2) is 4.79 Å². The van der Waals surface area contributed by atoms with Gasteiger partial charge in [-0.1, -0.05) is 0 Å². The Balaban J connectivity index is 2.10. The molecule has 2 rings (SSSR count). The molecule has 1 aromatic carbocycles. The number of hydrogen-bond acceptors (Lipinski definition) is 6. The zero-order chi connectivity index (χ0) is 15.9. The Labute approximate surface area is 130 Å². The van der Waals surface area contributed by atoms with E-state index >= 15 is 0 Å². The summed E-state index contributed by atoms with van der Waals surface area (Å²) in [6, 6.07) is 3.16. The van der Waals surface area contributed by atoms with Gasteiger partial charge >= 0.3 is 5.97 Å². The number of benzene rings is 1. The van der Waals surface area contributed by atoms with Gasteiger partial charge in [-0.2, -0.15) is 0 Å². The highest BCUT2D eigenvalue weighted by atomic mass is 16.6. The molecule has 0 radical (unpaired) electrons. The van der Waals surface area contributed by atoms with Gasteiger partial charge in [0.25, 0.3) is 0 Å². The molecule has 0 amide bonds. The molecule has 0 spiro atoms. The van der Waals surface area contributed by atoms with Crippen molar-refractivity contribution in [3.05, 3.63) is 17.7 Å². The Morgan fingerprint density at radius 1 is 1.09 bits per heavy atom. The zero-order valence-electron chi connectivity index (χ0n) is 13.2. The molecule has 0 saturated carbocycles. The number of methoxy groups -OCH3 is 3. The summed E-state index contributed by atoms with van der Waals surface area (Å²) in [7, 11) is 4.52. The van der Waals surface area contributed by atoms with Crippen molar-refractivity contribution in [3.63, 3.8) is 0 Å². The summed E-state index contributed by atoms with van der Waals surface area (Å²) in [6.45, 7) is 0.970. The van der Waals surface area contributed by atoms with Crippen LogP contribution in [0.25, 0.3) is 0 Å². The van der Waals surface area contributed by atoms with Crippen LogP contribution in [0.1, 0.15) is 29.6 Å². The molecule has 1 aliphatic heterocycles. The third-order valence-electron chi connectivity index (χ3n) is 3.60. The molecule has 1 aromatic rings. The predicted molar refractivity (Wildman–Crippen MR) is 80.0 cm³/mol. The second-order valence-electron chi connectivity index (χ2n) is 4.99. The van der Waals surface area contributed by atoms with Crippen LogP contribution >= 0.6 is 0 Å².